The normalized spacial score (nSPS) is 10.5. The summed E-state index contributed by atoms with van der Waals surface area (Å²) in [5, 5.41) is 0. The first-order valence-electron chi connectivity index (χ1n) is 4.11. The average molecular weight is 217 g/mol. The van der Waals surface area contributed by atoms with Crippen LogP contribution in [0.1, 0.15) is 12.5 Å². The molecule has 0 heterocycles. The van der Waals surface area contributed by atoms with Gasteiger partial charge in [0.25, 0.3) is 0 Å². The predicted octanol–water partition coefficient (Wildman–Crippen LogP) is 3.04. The highest BCUT2D eigenvalue weighted by atomic mass is 19.3. The van der Waals surface area contributed by atoms with Gasteiger partial charge in [-0.3, -0.25) is 0 Å². The molecule has 1 aromatic rings. The Morgan fingerprint density at radius 2 is 2.07 bits per heavy atom. The summed E-state index contributed by atoms with van der Waals surface area (Å²) in [6.45, 7) is 2.14. The van der Waals surface area contributed by atoms with E-state index in [1.807, 2.05) is 0 Å². The third kappa shape index (κ3) is 2.65. The molecular weight excluding hydrogens is 207 g/mol. The lowest BCUT2D eigenvalue weighted by Gasteiger charge is -2.11. The predicted molar refractivity (Wildman–Crippen MR) is 52.2 cm³/mol. The fraction of sp³-hybridized carbons (Fsp3) is 0.200. The third-order valence-corrected chi connectivity index (χ3v) is 1.77. The van der Waals surface area contributed by atoms with E-state index < -0.39 is 12.4 Å². The van der Waals surface area contributed by atoms with E-state index in [0.29, 0.717) is 5.57 Å². The molecule has 0 spiro atoms. The molecule has 0 aliphatic carbocycles. The largest absolute Gasteiger partial charge is 0.434 e. The summed E-state index contributed by atoms with van der Waals surface area (Å²) in [5.74, 6) is -1.06. The summed E-state index contributed by atoms with van der Waals surface area (Å²) in [6, 6.07) is 2.04. The lowest BCUT2D eigenvalue weighted by molar-refractivity contribution is -0.0501. The van der Waals surface area contributed by atoms with E-state index >= 15 is 0 Å². The van der Waals surface area contributed by atoms with Crippen LogP contribution < -0.4 is 10.5 Å². The van der Waals surface area contributed by atoms with Crippen molar-refractivity contribution < 1.29 is 17.9 Å². The second kappa shape index (κ2) is 4.25. The summed E-state index contributed by atoms with van der Waals surface area (Å²) in [4.78, 5) is 0. The van der Waals surface area contributed by atoms with Gasteiger partial charge in [0, 0.05) is 11.6 Å². The van der Waals surface area contributed by atoms with Gasteiger partial charge in [0.2, 0.25) is 0 Å². The first-order valence-corrected chi connectivity index (χ1v) is 4.11. The van der Waals surface area contributed by atoms with Crippen LogP contribution in [0.5, 0.6) is 5.75 Å². The summed E-state index contributed by atoms with van der Waals surface area (Å²) in [6.07, 6.45) is 0. The van der Waals surface area contributed by atoms with Gasteiger partial charge in [-0.05, 0) is 18.6 Å². The Morgan fingerprint density at radius 3 is 2.53 bits per heavy atom. The van der Waals surface area contributed by atoms with Gasteiger partial charge in [-0.1, -0.05) is 6.58 Å². The molecule has 0 saturated carbocycles. The van der Waals surface area contributed by atoms with Crippen molar-refractivity contribution in [3.05, 3.63) is 30.1 Å². The van der Waals surface area contributed by atoms with E-state index in [1.54, 1.807) is 6.92 Å². The zero-order valence-electron chi connectivity index (χ0n) is 8.06. The van der Waals surface area contributed by atoms with Crippen LogP contribution in [-0.4, -0.2) is 6.61 Å². The number of rotatable bonds is 3. The summed E-state index contributed by atoms with van der Waals surface area (Å²) in [7, 11) is 0. The first-order chi connectivity index (χ1) is 6.91. The van der Waals surface area contributed by atoms with Crippen molar-refractivity contribution in [1.29, 1.82) is 0 Å². The Labute approximate surface area is 85.2 Å². The number of allylic oxidation sites excluding steroid dienone is 1. The Hall–Kier alpha value is -1.65. The minimum atomic E-state index is -3.01. The molecule has 2 nitrogen and oxygen atoms in total. The van der Waals surface area contributed by atoms with Crippen LogP contribution in [0.25, 0.3) is 5.57 Å². The minimum absolute atomic E-state index is 0.130. The zero-order valence-corrected chi connectivity index (χ0v) is 8.06. The molecule has 1 aromatic carbocycles. The molecule has 0 saturated heterocycles. The number of halogens is 3. The summed E-state index contributed by atoms with van der Waals surface area (Å²) >= 11 is 0. The van der Waals surface area contributed by atoms with E-state index in [4.69, 9.17) is 5.73 Å². The van der Waals surface area contributed by atoms with Gasteiger partial charge < -0.3 is 10.5 Å². The van der Waals surface area contributed by atoms with Crippen LogP contribution in [0.3, 0.4) is 0 Å². The van der Waals surface area contributed by atoms with Crippen molar-refractivity contribution in [3.63, 3.8) is 0 Å². The molecule has 0 bridgehead atoms. The van der Waals surface area contributed by atoms with Crippen molar-refractivity contribution in [2.24, 2.45) is 0 Å². The second-order valence-electron chi connectivity index (χ2n) is 3.03. The van der Waals surface area contributed by atoms with Crippen LogP contribution in [0.4, 0.5) is 18.9 Å². The number of hydrogen-bond donors (Lipinski definition) is 1. The fourth-order valence-electron chi connectivity index (χ4n) is 1.10. The summed E-state index contributed by atoms with van der Waals surface area (Å²) in [5.41, 5.74) is 5.91. The number of nitrogens with two attached hydrogens (primary N) is 1. The van der Waals surface area contributed by atoms with Crippen LogP contribution >= 0.6 is 0 Å². The van der Waals surface area contributed by atoms with E-state index in [0.717, 1.165) is 6.07 Å². The molecule has 0 aliphatic heterocycles. The molecule has 1 rings (SSSR count). The molecule has 0 atom stereocenters. The topological polar surface area (TPSA) is 35.2 Å². The van der Waals surface area contributed by atoms with Crippen LogP contribution in [-0.2, 0) is 0 Å². The van der Waals surface area contributed by atoms with Crippen molar-refractivity contribution in [2.75, 3.05) is 5.73 Å². The van der Waals surface area contributed by atoms with Gasteiger partial charge in [0.05, 0.1) is 5.69 Å². The van der Waals surface area contributed by atoms with Crippen LogP contribution in [0.2, 0.25) is 0 Å². The molecule has 2 N–H and O–H groups in total. The lowest BCUT2D eigenvalue weighted by atomic mass is 10.1. The second-order valence-corrected chi connectivity index (χ2v) is 3.03. The van der Waals surface area contributed by atoms with Gasteiger partial charge in [-0.25, -0.2) is 4.39 Å². The Morgan fingerprint density at radius 1 is 1.47 bits per heavy atom. The molecule has 0 fully saturated rings. The summed E-state index contributed by atoms with van der Waals surface area (Å²) < 4.78 is 41.1. The van der Waals surface area contributed by atoms with Crippen molar-refractivity contribution in [3.8, 4) is 5.75 Å². The van der Waals surface area contributed by atoms with E-state index in [1.165, 1.54) is 6.07 Å². The van der Waals surface area contributed by atoms with Crippen LogP contribution in [0.15, 0.2) is 18.7 Å². The van der Waals surface area contributed by atoms with Crippen molar-refractivity contribution in [1.82, 2.24) is 0 Å². The standard InChI is InChI=1S/C10H10F3NO/c1-5(2)6-3-8(14)7(11)4-9(6)15-10(12)13/h3-4,10H,1,14H2,2H3. The van der Waals surface area contributed by atoms with Crippen molar-refractivity contribution in [2.45, 2.75) is 13.5 Å². The Bertz CT molecular complexity index is 390. The van der Waals surface area contributed by atoms with E-state index in [9.17, 15) is 13.2 Å². The minimum Gasteiger partial charge on any atom is -0.434 e. The van der Waals surface area contributed by atoms with Gasteiger partial charge in [-0.15, -0.1) is 0 Å². The molecule has 0 radical (unpaired) electrons. The Kier molecular flexibility index (Phi) is 3.24. The number of alkyl halides is 2. The van der Waals surface area contributed by atoms with Gasteiger partial charge in [0.15, 0.2) is 0 Å². The zero-order chi connectivity index (χ0) is 11.6. The lowest BCUT2D eigenvalue weighted by Crippen LogP contribution is -2.05. The molecule has 0 aliphatic rings. The van der Waals surface area contributed by atoms with Crippen LogP contribution in [0, 0.1) is 5.82 Å². The Balaban J connectivity index is 3.22. The maximum absolute atomic E-state index is 13.0. The molecule has 0 amide bonds. The van der Waals surface area contributed by atoms with Gasteiger partial charge >= 0.3 is 6.61 Å². The number of benzene rings is 1. The van der Waals surface area contributed by atoms with E-state index in [-0.39, 0.29) is 17.0 Å². The fourth-order valence-corrected chi connectivity index (χ4v) is 1.10. The van der Waals surface area contributed by atoms with Gasteiger partial charge in [-0.2, -0.15) is 8.78 Å². The number of anilines is 1. The molecule has 0 unspecified atom stereocenters. The SMILES string of the molecule is C=C(C)c1cc(N)c(F)cc1OC(F)F. The highest BCUT2D eigenvalue weighted by Gasteiger charge is 2.13. The molecule has 82 valence electrons. The first kappa shape index (κ1) is 11.4. The number of hydrogen-bond acceptors (Lipinski definition) is 2. The quantitative estimate of drug-likeness (QED) is 0.790. The molecule has 5 heteroatoms. The molecular formula is C10H10F3NO. The number of nitrogen functional groups attached to an aromatic ring is 1. The number of ether oxygens (including phenoxy) is 1. The average Bonchev–Trinajstić information content (AvgIpc) is 2.09. The maximum atomic E-state index is 13.0. The van der Waals surface area contributed by atoms with Gasteiger partial charge in [0.1, 0.15) is 11.6 Å². The highest BCUT2D eigenvalue weighted by molar-refractivity contribution is 5.70. The van der Waals surface area contributed by atoms with E-state index in [2.05, 4.69) is 11.3 Å². The molecule has 0 aromatic heterocycles. The van der Waals surface area contributed by atoms with Crippen molar-refractivity contribution >= 4 is 11.3 Å². The smallest absolute Gasteiger partial charge is 0.387 e. The third-order valence-electron chi connectivity index (χ3n) is 1.77. The monoisotopic (exact) mass is 217 g/mol. The highest BCUT2D eigenvalue weighted by Crippen LogP contribution is 2.30. The maximum Gasteiger partial charge on any atom is 0.387 e. The molecule has 15 heavy (non-hydrogen) atoms.